The van der Waals surface area contributed by atoms with Crippen LogP contribution in [0.4, 0.5) is 0 Å². The Labute approximate surface area is 206 Å². The maximum Gasteiger partial charge on any atom is 0.281 e. The number of carbonyl (C=O) groups is 1. The summed E-state index contributed by atoms with van der Waals surface area (Å²) in [6, 6.07) is 19.9. The second-order valence-corrected chi connectivity index (χ2v) is 7.88. The molecule has 0 saturated heterocycles. The van der Waals surface area contributed by atoms with Crippen LogP contribution in [-0.4, -0.2) is 35.0 Å². The van der Waals surface area contributed by atoms with Gasteiger partial charge in [0.15, 0.2) is 18.1 Å². The lowest BCUT2D eigenvalue weighted by molar-refractivity contribution is -0.123. The number of benzene rings is 3. The van der Waals surface area contributed by atoms with Crippen molar-refractivity contribution in [3.05, 3.63) is 99.6 Å². The van der Waals surface area contributed by atoms with Gasteiger partial charge in [-0.25, -0.2) is 4.98 Å². The van der Waals surface area contributed by atoms with E-state index in [0.717, 1.165) is 10.2 Å². The quantitative estimate of drug-likeness (QED) is 0.357. The molecule has 9 heteroatoms. The van der Waals surface area contributed by atoms with Crippen molar-refractivity contribution >= 4 is 34.6 Å². The van der Waals surface area contributed by atoms with Crippen molar-refractivity contribution in [3.63, 3.8) is 0 Å². The van der Waals surface area contributed by atoms with Crippen molar-refractivity contribution in [3.8, 4) is 11.5 Å². The Kier molecular flexibility index (Phi) is 7.74. The highest BCUT2D eigenvalue weighted by Crippen LogP contribution is 2.36. The third-order valence-electron chi connectivity index (χ3n) is 4.99. The first kappa shape index (κ1) is 24.0. The van der Waals surface area contributed by atoms with E-state index in [1.54, 1.807) is 30.3 Å². The van der Waals surface area contributed by atoms with Crippen LogP contribution in [0.3, 0.4) is 0 Å². The lowest BCUT2D eigenvalue weighted by Crippen LogP contribution is -2.28. The topological polar surface area (TPSA) is 94.8 Å². The van der Waals surface area contributed by atoms with Gasteiger partial charge in [-0.3, -0.25) is 9.59 Å². The van der Waals surface area contributed by atoms with Crippen molar-refractivity contribution in [1.82, 2.24) is 15.0 Å². The van der Waals surface area contributed by atoms with Gasteiger partial charge in [-0.15, -0.1) is 0 Å². The first-order chi connectivity index (χ1) is 17.0. The summed E-state index contributed by atoms with van der Waals surface area (Å²) in [6.45, 7) is 2.36. The summed E-state index contributed by atoms with van der Waals surface area (Å²) in [6.07, 6.45) is 2.83. The van der Waals surface area contributed by atoms with Gasteiger partial charge < -0.3 is 14.8 Å². The summed E-state index contributed by atoms with van der Waals surface area (Å²) >= 11 is 6.44. The Morgan fingerprint density at radius 2 is 1.89 bits per heavy atom. The molecule has 1 heterocycles. The van der Waals surface area contributed by atoms with Crippen LogP contribution in [0.5, 0.6) is 11.5 Å². The minimum absolute atomic E-state index is 0.224. The number of hydrogen-bond acceptors (Lipinski definition) is 6. The molecule has 4 rings (SSSR count). The van der Waals surface area contributed by atoms with Crippen LogP contribution >= 0.6 is 11.6 Å². The number of amides is 1. The first-order valence-electron chi connectivity index (χ1n) is 11.0. The van der Waals surface area contributed by atoms with Crippen molar-refractivity contribution in [2.24, 2.45) is 5.10 Å². The van der Waals surface area contributed by atoms with Crippen LogP contribution in [0.1, 0.15) is 18.1 Å². The fraction of sp³-hybridized carbons (Fsp3) is 0.154. The highest BCUT2D eigenvalue weighted by molar-refractivity contribution is 6.32. The zero-order valence-electron chi connectivity index (χ0n) is 19.0. The lowest BCUT2D eigenvalue weighted by atomic mass is 10.2. The van der Waals surface area contributed by atoms with E-state index in [1.165, 1.54) is 12.5 Å². The summed E-state index contributed by atoms with van der Waals surface area (Å²) in [5.74, 6) is 0.326. The Morgan fingerprint density at radius 3 is 2.69 bits per heavy atom. The summed E-state index contributed by atoms with van der Waals surface area (Å²) in [5.41, 5.74) is 1.88. The molecule has 0 aliphatic heterocycles. The molecule has 0 radical (unpaired) electrons. The number of nitrogens with one attached hydrogen (secondary N) is 1. The Morgan fingerprint density at radius 1 is 1.11 bits per heavy atom. The molecule has 3 aromatic carbocycles. The maximum atomic E-state index is 12.6. The van der Waals surface area contributed by atoms with Crippen LogP contribution in [0.15, 0.2) is 83.0 Å². The van der Waals surface area contributed by atoms with E-state index < -0.39 is 0 Å². The number of fused-ring (bicyclic) bond motifs is 1. The largest absolute Gasteiger partial charge is 0.490 e. The molecule has 0 atom stereocenters. The van der Waals surface area contributed by atoms with Crippen molar-refractivity contribution < 1.29 is 14.3 Å². The lowest BCUT2D eigenvalue weighted by Gasteiger charge is -2.14. The third kappa shape index (κ3) is 6.04. The fourth-order valence-electron chi connectivity index (χ4n) is 3.32. The Hall–Kier alpha value is -4.17. The van der Waals surface area contributed by atoms with Gasteiger partial charge >= 0.3 is 0 Å². The van der Waals surface area contributed by atoms with Gasteiger partial charge in [-0.1, -0.05) is 54.1 Å². The van der Waals surface area contributed by atoms with E-state index in [1.807, 2.05) is 43.3 Å². The smallest absolute Gasteiger partial charge is 0.281 e. The molecular formula is C26H23ClN4O4. The number of halogens is 1. The molecule has 0 aliphatic rings. The van der Waals surface area contributed by atoms with Gasteiger partial charge in [0.2, 0.25) is 0 Å². The minimum atomic E-state index is -0.291. The maximum absolute atomic E-state index is 12.6. The van der Waals surface area contributed by atoms with Crippen LogP contribution in [0, 0.1) is 0 Å². The van der Waals surface area contributed by atoms with E-state index in [0.29, 0.717) is 35.4 Å². The Balaban J connectivity index is 1.48. The zero-order chi connectivity index (χ0) is 24.6. The SMILES string of the molecule is CCOc1cc(/C=N/n2cnc3ccccc3c2=O)cc(Cl)c1OCC(=O)NCc1ccccc1. The summed E-state index contributed by atoms with van der Waals surface area (Å²) in [4.78, 5) is 29.1. The molecule has 0 unspecified atom stereocenters. The molecule has 178 valence electrons. The monoisotopic (exact) mass is 490 g/mol. The molecule has 1 amide bonds. The first-order valence-corrected chi connectivity index (χ1v) is 11.3. The fourth-order valence-corrected chi connectivity index (χ4v) is 3.60. The molecule has 4 aromatic rings. The number of carbonyl (C=O) groups excluding carboxylic acids is 1. The van der Waals surface area contributed by atoms with Gasteiger partial charge in [0.05, 0.1) is 28.7 Å². The van der Waals surface area contributed by atoms with Crippen LogP contribution in [0.2, 0.25) is 5.02 Å². The molecule has 0 bridgehead atoms. The number of aromatic nitrogens is 2. The highest BCUT2D eigenvalue weighted by atomic mass is 35.5. The normalized spacial score (nSPS) is 11.0. The van der Waals surface area contributed by atoms with E-state index in [2.05, 4.69) is 15.4 Å². The zero-order valence-corrected chi connectivity index (χ0v) is 19.7. The number of rotatable bonds is 9. The number of nitrogens with zero attached hydrogens (tertiary/aromatic N) is 3. The molecule has 0 spiro atoms. The predicted molar refractivity (Wildman–Crippen MR) is 135 cm³/mol. The number of para-hydroxylation sites is 1. The van der Waals surface area contributed by atoms with E-state index in [-0.39, 0.29) is 28.8 Å². The van der Waals surface area contributed by atoms with Gasteiger partial charge in [-0.05, 0) is 42.3 Å². The number of hydrogen-bond donors (Lipinski definition) is 1. The highest BCUT2D eigenvalue weighted by Gasteiger charge is 2.14. The summed E-state index contributed by atoms with van der Waals surface area (Å²) < 4.78 is 12.5. The third-order valence-corrected chi connectivity index (χ3v) is 5.27. The summed E-state index contributed by atoms with van der Waals surface area (Å²) in [5, 5.41) is 7.74. The predicted octanol–water partition coefficient (Wildman–Crippen LogP) is 4.03. The van der Waals surface area contributed by atoms with Gasteiger partial charge in [0, 0.05) is 6.54 Å². The molecule has 8 nitrogen and oxygen atoms in total. The molecule has 1 N–H and O–H groups in total. The second kappa shape index (κ2) is 11.3. The van der Waals surface area contributed by atoms with Crippen molar-refractivity contribution in [1.29, 1.82) is 0 Å². The van der Waals surface area contributed by atoms with Crippen molar-refractivity contribution in [2.75, 3.05) is 13.2 Å². The summed E-state index contributed by atoms with van der Waals surface area (Å²) in [7, 11) is 0. The molecule has 0 saturated carbocycles. The van der Waals surface area contributed by atoms with Crippen LogP contribution < -0.4 is 20.3 Å². The van der Waals surface area contributed by atoms with Crippen LogP contribution in [-0.2, 0) is 11.3 Å². The molecule has 1 aromatic heterocycles. The van der Waals surface area contributed by atoms with E-state index in [4.69, 9.17) is 21.1 Å². The molecular weight excluding hydrogens is 468 g/mol. The average molecular weight is 491 g/mol. The van der Waals surface area contributed by atoms with Crippen LogP contribution in [0.25, 0.3) is 10.9 Å². The van der Waals surface area contributed by atoms with Gasteiger partial charge in [0.25, 0.3) is 11.5 Å². The van der Waals surface area contributed by atoms with Gasteiger partial charge in [0.1, 0.15) is 6.33 Å². The molecule has 0 fully saturated rings. The van der Waals surface area contributed by atoms with Gasteiger partial charge in [-0.2, -0.15) is 9.78 Å². The van der Waals surface area contributed by atoms with E-state index in [9.17, 15) is 9.59 Å². The minimum Gasteiger partial charge on any atom is -0.490 e. The standard InChI is InChI=1S/C26H23ClN4O4/c1-2-34-23-13-19(15-30-31-17-29-22-11-7-6-10-20(22)26(31)33)12-21(27)25(23)35-16-24(32)28-14-18-8-4-3-5-9-18/h3-13,15,17H,2,14,16H2,1H3,(H,28,32)/b30-15+. The average Bonchev–Trinajstić information content (AvgIpc) is 2.87. The second-order valence-electron chi connectivity index (χ2n) is 7.47. The Bertz CT molecular complexity index is 1420. The molecule has 35 heavy (non-hydrogen) atoms. The van der Waals surface area contributed by atoms with Crippen molar-refractivity contribution in [2.45, 2.75) is 13.5 Å². The number of ether oxygens (including phenoxy) is 2. The molecule has 0 aliphatic carbocycles. The van der Waals surface area contributed by atoms with E-state index >= 15 is 0 Å².